The number of thiocarbonyl (C=S) groups is 1. The van der Waals surface area contributed by atoms with Gasteiger partial charge in [0.1, 0.15) is 0 Å². The van der Waals surface area contributed by atoms with E-state index in [4.69, 9.17) is 17.3 Å². The summed E-state index contributed by atoms with van der Waals surface area (Å²) >= 11 is 10.3. The average Bonchev–Trinajstić information content (AvgIpc) is 2.19. The van der Waals surface area contributed by atoms with Gasteiger partial charge in [-0.05, 0) is 42.9 Å². The highest BCUT2D eigenvalue weighted by Gasteiger charge is 2.04. The molecule has 1 rings (SSSR count). The number of nitrogens with one attached hydrogen (secondary N) is 3. The molecule has 0 saturated heterocycles. The molecule has 0 radical (unpaired) electrons. The van der Waals surface area contributed by atoms with E-state index in [1.54, 1.807) is 18.2 Å². The second kappa shape index (κ2) is 5.53. The van der Waals surface area contributed by atoms with Crippen molar-refractivity contribution in [2.24, 2.45) is 5.73 Å². The van der Waals surface area contributed by atoms with E-state index in [9.17, 15) is 4.79 Å². The van der Waals surface area contributed by atoms with Crippen molar-refractivity contribution < 1.29 is 4.79 Å². The Balaban J connectivity index is 2.59. The lowest BCUT2D eigenvalue weighted by Crippen LogP contribution is -2.46. The van der Waals surface area contributed by atoms with Gasteiger partial charge in [-0.25, -0.2) is 10.2 Å². The zero-order valence-electron chi connectivity index (χ0n) is 8.50. The first kappa shape index (κ1) is 12.5. The van der Waals surface area contributed by atoms with E-state index in [2.05, 4.69) is 28.4 Å². The molecule has 2 amide bonds. The molecule has 0 spiro atoms. The summed E-state index contributed by atoms with van der Waals surface area (Å²) in [6.07, 6.45) is 0. The van der Waals surface area contributed by atoms with Gasteiger partial charge in [-0.2, -0.15) is 0 Å². The molecule has 5 N–H and O–H groups in total. The Kier molecular flexibility index (Phi) is 4.33. The van der Waals surface area contributed by atoms with Crippen molar-refractivity contribution in [3.05, 3.63) is 28.8 Å². The van der Waals surface area contributed by atoms with E-state index >= 15 is 0 Å². The molecule has 0 saturated carbocycles. The van der Waals surface area contributed by atoms with Gasteiger partial charge in [-0.1, -0.05) is 11.6 Å². The van der Waals surface area contributed by atoms with E-state index in [1.165, 1.54) is 0 Å². The van der Waals surface area contributed by atoms with Gasteiger partial charge >= 0.3 is 6.03 Å². The second-order valence-corrected chi connectivity index (χ2v) is 3.90. The van der Waals surface area contributed by atoms with Gasteiger partial charge in [0.25, 0.3) is 0 Å². The first-order chi connectivity index (χ1) is 7.49. The molecular weight excluding hydrogens is 248 g/mol. The molecule has 5 nitrogen and oxygen atoms in total. The maximum absolute atomic E-state index is 11.3. The molecule has 0 heterocycles. The van der Waals surface area contributed by atoms with E-state index < -0.39 is 6.03 Å². The van der Waals surface area contributed by atoms with Crippen molar-refractivity contribution >= 4 is 40.6 Å². The van der Waals surface area contributed by atoms with Gasteiger partial charge in [0.15, 0.2) is 5.11 Å². The first-order valence-electron chi connectivity index (χ1n) is 4.37. The summed E-state index contributed by atoms with van der Waals surface area (Å²) in [5.41, 5.74) is 11.3. The van der Waals surface area contributed by atoms with Crippen LogP contribution in [0, 0.1) is 6.92 Å². The summed E-state index contributed by atoms with van der Waals surface area (Å²) in [7, 11) is 0. The molecule has 0 atom stereocenters. The molecule has 86 valence electrons. The third-order valence-electron chi connectivity index (χ3n) is 1.74. The minimum Gasteiger partial charge on any atom is -0.375 e. The largest absolute Gasteiger partial charge is 0.375 e. The molecule has 0 fully saturated rings. The van der Waals surface area contributed by atoms with Crippen LogP contribution in [0.4, 0.5) is 10.5 Å². The minimum atomic E-state index is -0.460. The average molecular weight is 259 g/mol. The van der Waals surface area contributed by atoms with Crippen LogP contribution >= 0.6 is 23.8 Å². The fourth-order valence-electron chi connectivity index (χ4n) is 1.04. The van der Waals surface area contributed by atoms with Gasteiger partial charge in [0, 0.05) is 10.7 Å². The maximum Gasteiger partial charge on any atom is 0.337 e. The number of benzene rings is 1. The summed E-state index contributed by atoms with van der Waals surface area (Å²) in [5, 5.41) is 3.21. The molecule has 1 aromatic rings. The van der Waals surface area contributed by atoms with Gasteiger partial charge < -0.3 is 11.1 Å². The highest BCUT2D eigenvalue weighted by molar-refractivity contribution is 7.80. The number of anilines is 1. The number of hydrogen-bond donors (Lipinski definition) is 4. The van der Waals surface area contributed by atoms with E-state index in [1.807, 2.05) is 6.92 Å². The Morgan fingerprint density at radius 2 is 2.12 bits per heavy atom. The second-order valence-electron chi connectivity index (χ2n) is 3.03. The fourth-order valence-corrected chi connectivity index (χ4v) is 1.32. The smallest absolute Gasteiger partial charge is 0.337 e. The molecule has 0 aliphatic rings. The third kappa shape index (κ3) is 3.92. The standard InChI is InChI=1S/C9H11ClN4OS/c1-5-4-6(10)2-3-7(5)12-9(15)14-13-8(11)16/h2-4H,1H3,(H3,11,13,16)(H2,12,14,15). The monoisotopic (exact) mass is 258 g/mol. The van der Waals surface area contributed by atoms with Crippen molar-refractivity contribution in [1.29, 1.82) is 0 Å². The number of carbonyl (C=O) groups is 1. The number of carbonyl (C=O) groups excluding carboxylic acids is 1. The molecule has 0 unspecified atom stereocenters. The predicted molar refractivity (Wildman–Crippen MR) is 68.3 cm³/mol. The summed E-state index contributed by atoms with van der Waals surface area (Å²) < 4.78 is 0. The van der Waals surface area contributed by atoms with Crippen molar-refractivity contribution in [2.75, 3.05) is 5.32 Å². The Morgan fingerprint density at radius 1 is 1.44 bits per heavy atom. The summed E-state index contributed by atoms with van der Waals surface area (Å²) in [6.45, 7) is 1.84. The highest BCUT2D eigenvalue weighted by atomic mass is 35.5. The van der Waals surface area contributed by atoms with Crippen LogP contribution in [0.25, 0.3) is 0 Å². The molecule has 7 heteroatoms. The zero-order valence-corrected chi connectivity index (χ0v) is 10.1. The molecule has 1 aromatic carbocycles. The summed E-state index contributed by atoms with van der Waals surface area (Å²) in [4.78, 5) is 11.3. The van der Waals surface area contributed by atoms with Crippen LogP contribution in [0.5, 0.6) is 0 Å². The Bertz CT molecular complexity index is 424. The number of aryl methyl sites for hydroxylation is 1. The van der Waals surface area contributed by atoms with Crippen LogP contribution in [0.1, 0.15) is 5.56 Å². The van der Waals surface area contributed by atoms with Crippen LogP contribution < -0.4 is 21.9 Å². The summed E-state index contributed by atoms with van der Waals surface area (Å²) in [5.74, 6) is 0. The van der Waals surface area contributed by atoms with Crippen molar-refractivity contribution in [3.8, 4) is 0 Å². The van der Waals surface area contributed by atoms with E-state index in [-0.39, 0.29) is 5.11 Å². The lowest BCUT2D eigenvalue weighted by Gasteiger charge is -2.10. The van der Waals surface area contributed by atoms with Crippen LogP contribution in [0.15, 0.2) is 18.2 Å². The van der Waals surface area contributed by atoms with Gasteiger partial charge in [-0.3, -0.25) is 5.43 Å². The van der Waals surface area contributed by atoms with E-state index in [0.29, 0.717) is 10.7 Å². The molecule has 16 heavy (non-hydrogen) atoms. The first-order valence-corrected chi connectivity index (χ1v) is 5.16. The number of nitrogens with two attached hydrogens (primary N) is 1. The van der Waals surface area contributed by atoms with Gasteiger partial charge in [0.05, 0.1) is 0 Å². The minimum absolute atomic E-state index is 0.0111. The molecule has 0 bridgehead atoms. The SMILES string of the molecule is Cc1cc(Cl)ccc1NC(=O)NNC(N)=S. The van der Waals surface area contributed by atoms with Crippen molar-refractivity contribution in [1.82, 2.24) is 10.9 Å². The number of hydrazine groups is 1. The van der Waals surface area contributed by atoms with Gasteiger partial charge in [0.2, 0.25) is 0 Å². The number of halogens is 1. The highest BCUT2D eigenvalue weighted by Crippen LogP contribution is 2.19. The van der Waals surface area contributed by atoms with Crippen LogP contribution in [0.2, 0.25) is 5.02 Å². The Morgan fingerprint density at radius 3 is 2.69 bits per heavy atom. The van der Waals surface area contributed by atoms with Crippen LogP contribution in [-0.2, 0) is 0 Å². The van der Waals surface area contributed by atoms with Crippen LogP contribution in [-0.4, -0.2) is 11.1 Å². The number of urea groups is 1. The lowest BCUT2D eigenvalue weighted by atomic mass is 10.2. The Hall–Kier alpha value is -1.53. The lowest BCUT2D eigenvalue weighted by molar-refractivity contribution is 0.250. The Labute approximate surface area is 103 Å². The van der Waals surface area contributed by atoms with Gasteiger partial charge in [-0.15, -0.1) is 0 Å². The number of hydrogen-bond acceptors (Lipinski definition) is 2. The molecular formula is C9H11ClN4OS. The van der Waals surface area contributed by atoms with Crippen molar-refractivity contribution in [3.63, 3.8) is 0 Å². The third-order valence-corrected chi connectivity index (χ3v) is 2.07. The zero-order chi connectivity index (χ0) is 12.1. The summed E-state index contributed by atoms with van der Waals surface area (Å²) in [6, 6.07) is 4.68. The number of rotatable bonds is 1. The molecule has 0 aromatic heterocycles. The maximum atomic E-state index is 11.3. The topological polar surface area (TPSA) is 79.2 Å². The molecule has 0 aliphatic heterocycles. The predicted octanol–water partition coefficient (Wildman–Crippen LogP) is 1.52. The normalized spacial score (nSPS) is 9.38. The quantitative estimate of drug-likeness (QED) is 0.455. The number of amides is 2. The van der Waals surface area contributed by atoms with E-state index in [0.717, 1.165) is 5.56 Å². The van der Waals surface area contributed by atoms with Crippen LogP contribution in [0.3, 0.4) is 0 Å². The van der Waals surface area contributed by atoms with Crippen molar-refractivity contribution in [2.45, 2.75) is 6.92 Å². The molecule has 0 aliphatic carbocycles. The fraction of sp³-hybridized carbons (Fsp3) is 0.111.